The Bertz CT molecular complexity index is 1280. The van der Waals surface area contributed by atoms with Gasteiger partial charge in [-0.1, -0.05) is 36.4 Å². The normalized spacial score (nSPS) is 14.8. The number of benzene rings is 3. The fourth-order valence-corrected chi connectivity index (χ4v) is 3.83. The van der Waals surface area contributed by atoms with Gasteiger partial charge in [0.2, 0.25) is 5.90 Å². The summed E-state index contributed by atoms with van der Waals surface area (Å²) in [5, 5.41) is 0. The van der Waals surface area contributed by atoms with E-state index in [1.165, 1.54) is 31.4 Å². The molecule has 0 saturated heterocycles. The summed E-state index contributed by atoms with van der Waals surface area (Å²) in [6.45, 7) is 0. The minimum atomic E-state index is -4.08. The second-order valence-electron chi connectivity index (χ2n) is 6.46. The Morgan fingerprint density at radius 3 is 2.29 bits per heavy atom. The number of hydrogen-bond donors (Lipinski definition) is 0. The molecule has 0 aromatic heterocycles. The van der Waals surface area contributed by atoms with Gasteiger partial charge in [0.1, 0.15) is 10.6 Å². The molecule has 0 radical (unpaired) electrons. The molecule has 3 aromatic rings. The van der Waals surface area contributed by atoms with E-state index in [1.807, 2.05) is 6.07 Å². The van der Waals surface area contributed by atoms with Gasteiger partial charge in [0.25, 0.3) is 0 Å². The van der Waals surface area contributed by atoms with Crippen molar-refractivity contribution in [3.8, 4) is 11.5 Å². The molecule has 0 atom stereocenters. The highest BCUT2D eigenvalue weighted by Crippen LogP contribution is 2.30. The molecule has 4 rings (SSSR count). The van der Waals surface area contributed by atoms with Crippen LogP contribution in [0.5, 0.6) is 11.5 Å². The van der Waals surface area contributed by atoms with Crippen molar-refractivity contribution in [1.82, 2.24) is 0 Å². The Morgan fingerprint density at radius 1 is 0.935 bits per heavy atom. The quantitative estimate of drug-likeness (QED) is 0.332. The molecule has 0 aliphatic carbocycles. The molecule has 0 amide bonds. The molecule has 1 aliphatic heterocycles. The summed E-state index contributed by atoms with van der Waals surface area (Å²) in [4.78, 5) is 16.6. The Balaban J connectivity index is 1.73. The van der Waals surface area contributed by atoms with E-state index in [2.05, 4.69) is 4.99 Å². The minimum Gasteiger partial charge on any atom is -0.497 e. The summed E-state index contributed by atoms with van der Waals surface area (Å²) >= 11 is 0. The molecule has 0 N–H and O–H groups in total. The number of nitrogens with zero attached hydrogens (tertiary/aromatic N) is 1. The molecule has 1 heterocycles. The van der Waals surface area contributed by atoms with Crippen LogP contribution in [0.1, 0.15) is 11.1 Å². The van der Waals surface area contributed by atoms with Gasteiger partial charge >= 0.3 is 16.1 Å². The molecule has 156 valence electrons. The van der Waals surface area contributed by atoms with Gasteiger partial charge in [-0.2, -0.15) is 8.42 Å². The van der Waals surface area contributed by atoms with Crippen molar-refractivity contribution in [2.45, 2.75) is 4.90 Å². The predicted octanol–water partition coefficient (Wildman–Crippen LogP) is 3.81. The molecule has 0 fully saturated rings. The van der Waals surface area contributed by atoms with E-state index >= 15 is 0 Å². The first-order valence-electron chi connectivity index (χ1n) is 9.22. The Hall–Kier alpha value is -3.91. The monoisotopic (exact) mass is 435 g/mol. The maximum absolute atomic E-state index is 12.7. The standard InChI is InChI=1S/C23H17NO6S/c1-28-18-12-13-21(30-31(26,27)19-10-6-3-7-11-19)17(14-18)15-20-23(25)29-22(24-20)16-8-4-2-5-9-16/h2-15H,1H3. The topological polar surface area (TPSA) is 91.3 Å². The molecule has 7 nitrogen and oxygen atoms in total. The molecular weight excluding hydrogens is 418 g/mol. The predicted molar refractivity (Wildman–Crippen MR) is 114 cm³/mol. The van der Waals surface area contributed by atoms with Crippen molar-refractivity contribution in [2.75, 3.05) is 7.11 Å². The summed E-state index contributed by atoms with van der Waals surface area (Å²) in [6.07, 6.45) is 1.40. The molecule has 0 saturated carbocycles. The number of rotatable bonds is 6. The lowest BCUT2D eigenvalue weighted by molar-refractivity contribution is -0.129. The third kappa shape index (κ3) is 4.49. The van der Waals surface area contributed by atoms with Gasteiger partial charge < -0.3 is 13.7 Å². The zero-order valence-electron chi connectivity index (χ0n) is 16.4. The van der Waals surface area contributed by atoms with E-state index in [0.717, 1.165) is 0 Å². The third-order valence-electron chi connectivity index (χ3n) is 4.38. The Labute approximate surface area is 179 Å². The number of carbonyl (C=O) groups excluding carboxylic acids is 1. The van der Waals surface area contributed by atoms with Crippen LogP contribution in [0.2, 0.25) is 0 Å². The summed E-state index contributed by atoms with van der Waals surface area (Å²) in [5.74, 6) is -0.0130. The zero-order chi connectivity index (χ0) is 21.8. The fourth-order valence-electron chi connectivity index (χ4n) is 2.86. The Morgan fingerprint density at radius 2 is 1.61 bits per heavy atom. The van der Waals surface area contributed by atoms with Crippen LogP contribution in [0.25, 0.3) is 6.08 Å². The average molecular weight is 435 g/mol. The van der Waals surface area contributed by atoms with Crippen molar-refractivity contribution < 1.29 is 26.9 Å². The molecular formula is C23H17NO6S. The maximum atomic E-state index is 12.7. The van der Waals surface area contributed by atoms with E-state index in [-0.39, 0.29) is 22.2 Å². The lowest BCUT2D eigenvalue weighted by Crippen LogP contribution is -2.10. The second kappa shape index (κ2) is 8.45. The first-order chi connectivity index (χ1) is 15.0. The lowest BCUT2D eigenvalue weighted by Gasteiger charge is -2.11. The number of carbonyl (C=O) groups is 1. The highest BCUT2D eigenvalue weighted by atomic mass is 32.2. The van der Waals surface area contributed by atoms with Crippen LogP contribution in [0.4, 0.5) is 0 Å². The Kier molecular flexibility index (Phi) is 5.55. The molecule has 0 spiro atoms. The first kappa shape index (κ1) is 20.4. The fraction of sp³-hybridized carbons (Fsp3) is 0.0435. The van der Waals surface area contributed by atoms with Crippen molar-refractivity contribution in [2.24, 2.45) is 4.99 Å². The smallest absolute Gasteiger partial charge is 0.363 e. The number of cyclic esters (lactones) is 1. The van der Waals surface area contributed by atoms with Gasteiger partial charge in [-0.25, -0.2) is 9.79 Å². The van der Waals surface area contributed by atoms with Crippen molar-refractivity contribution in [3.05, 3.63) is 95.7 Å². The van der Waals surface area contributed by atoms with Crippen LogP contribution in [0.3, 0.4) is 0 Å². The van der Waals surface area contributed by atoms with Crippen LogP contribution in [0, 0.1) is 0 Å². The number of ether oxygens (including phenoxy) is 2. The summed E-state index contributed by atoms with van der Waals surface area (Å²) in [7, 11) is -2.60. The molecule has 31 heavy (non-hydrogen) atoms. The van der Waals surface area contributed by atoms with Gasteiger partial charge in [-0.05, 0) is 48.5 Å². The van der Waals surface area contributed by atoms with Crippen LogP contribution in [-0.4, -0.2) is 27.4 Å². The number of aliphatic imine (C=N–C) groups is 1. The number of esters is 1. The molecule has 8 heteroatoms. The van der Waals surface area contributed by atoms with Crippen LogP contribution in [-0.2, 0) is 19.6 Å². The lowest BCUT2D eigenvalue weighted by atomic mass is 10.1. The number of hydrogen-bond acceptors (Lipinski definition) is 7. The summed E-state index contributed by atoms with van der Waals surface area (Å²) in [6, 6.07) is 21.3. The van der Waals surface area contributed by atoms with E-state index in [1.54, 1.807) is 54.6 Å². The minimum absolute atomic E-state index is 0.00839. The van der Waals surface area contributed by atoms with Crippen LogP contribution in [0.15, 0.2) is 94.4 Å². The van der Waals surface area contributed by atoms with Gasteiger partial charge in [0, 0.05) is 11.1 Å². The van der Waals surface area contributed by atoms with Crippen LogP contribution >= 0.6 is 0 Å². The maximum Gasteiger partial charge on any atom is 0.363 e. The van der Waals surface area contributed by atoms with Crippen molar-refractivity contribution in [1.29, 1.82) is 0 Å². The summed E-state index contributed by atoms with van der Waals surface area (Å²) < 4.78 is 41.1. The molecule has 0 bridgehead atoms. The first-order valence-corrected chi connectivity index (χ1v) is 10.6. The van der Waals surface area contributed by atoms with E-state index in [4.69, 9.17) is 13.7 Å². The van der Waals surface area contributed by atoms with E-state index in [9.17, 15) is 13.2 Å². The van der Waals surface area contributed by atoms with Gasteiger partial charge in [0.15, 0.2) is 11.4 Å². The average Bonchev–Trinajstić information content (AvgIpc) is 3.16. The van der Waals surface area contributed by atoms with Gasteiger partial charge in [-0.15, -0.1) is 0 Å². The van der Waals surface area contributed by atoms with E-state index < -0.39 is 16.1 Å². The van der Waals surface area contributed by atoms with Crippen LogP contribution < -0.4 is 8.92 Å². The largest absolute Gasteiger partial charge is 0.497 e. The van der Waals surface area contributed by atoms with Crippen molar-refractivity contribution in [3.63, 3.8) is 0 Å². The summed E-state index contributed by atoms with van der Waals surface area (Å²) in [5.41, 5.74) is 0.950. The third-order valence-corrected chi connectivity index (χ3v) is 5.63. The zero-order valence-corrected chi connectivity index (χ0v) is 17.2. The highest BCUT2D eigenvalue weighted by molar-refractivity contribution is 7.87. The SMILES string of the molecule is COc1ccc(OS(=O)(=O)c2ccccc2)c(C=C2N=C(c3ccccc3)OC2=O)c1. The van der Waals surface area contributed by atoms with Gasteiger partial charge in [0.05, 0.1) is 7.11 Å². The molecule has 0 unspecified atom stereocenters. The highest BCUT2D eigenvalue weighted by Gasteiger charge is 2.25. The molecule has 3 aromatic carbocycles. The number of methoxy groups -OCH3 is 1. The molecule has 1 aliphatic rings. The van der Waals surface area contributed by atoms with Gasteiger partial charge in [-0.3, -0.25) is 0 Å². The second-order valence-corrected chi connectivity index (χ2v) is 8.00. The van der Waals surface area contributed by atoms with E-state index in [0.29, 0.717) is 16.9 Å². The van der Waals surface area contributed by atoms with Crippen molar-refractivity contribution >= 4 is 28.1 Å².